The smallest absolute Gasteiger partial charge is 0.320 e. The molecule has 2 fully saturated rings. The molecule has 2 aliphatic rings. The van der Waals surface area contributed by atoms with Gasteiger partial charge in [-0.15, -0.1) is 0 Å². The van der Waals surface area contributed by atoms with Crippen LogP contribution in [-0.2, 0) is 28.6 Å². The molecule has 3 rings (SSSR count). The Morgan fingerprint density at radius 3 is 2.38 bits per heavy atom. The molecule has 0 unspecified atom stereocenters. The number of esters is 2. The molecule has 2 heterocycles. The van der Waals surface area contributed by atoms with E-state index in [0.29, 0.717) is 13.0 Å². The Kier molecular flexibility index (Phi) is 4.53. The summed E-state index contributed by atoms with van der Waals surface area (Å²) in [6.45, 7) is 0.372. The molecular weight excluding hydrogens is 314 g/mol. The van der Waals surface area contributed by atoms with Gasteiger partial charge in [0.1, 0.15) is 0 Å². The van der Waals surface area contributed by atoms with Gasteiger partial charge in [0.15, 0.2) is 12.1 Å². The second-order valence-corrected chi connectivity index (χ2v) is 5.86. The van der Waals surface area contributed by atoms with Crippen LogP contribution < -0.4 is 0 Å². The van der Waals surface area contributed by atoms with Gasteiger partial charge in [-0.25, -0.2) is 0 Å². The fourth-order valence-corrected chi connectivity index (χ4v) is 3.45. The Bertz CT molecular complexity index is 630. The molecule has 2 aliphatic heterocycles. The van der Waals surface area contributed by atoms with Crippen molar-refractivity contribution >= 4 is 17.8 Å². The van der Waals surface area contributed by atoms with Crippen molar-refractivity contribution in [3.63, 3.8) is 0 Å². The van der Waals surface area contributed by atoms with Crippen LogP contribution in [0.4, 0.5) is 0 Å². The molecule has 0 radical (unpaired) electrons. The summed E-state index contributed by atoms with van der Waals surface area (Å²) in [6.07, 6.45) is -0.138. The molecular formula is C17H19NO6. The molecule has 1 aromatic carbocycles. The van der Waals surface area contributed by atoms with Gasteiger partial charge in [-0.1, -0.05) is 30.3 Å². The van der Waals surface area contributed by atoms with Gasteiger partial charge >= 0.3 is 11.9 Å². The maximum absolute atomic E-state index is 12.9. The van der Waals surface area contributed by atoms with Crippen LogP contribution >= 0.6 is 0 Å². The summed E-state index contributed by atoms with van der Waals surface area (Å²) in [7, 11) is 2.38. The van der Waals surface area contributed by atoms with E-state index in [1.54, 1.807) is 4.90 Å². The second-order valence-electron chi connectivity index (χ2n) is 5.86. The molecule has 0 saturated carbocycles. The maximum Gasteiger partial charge on any atom is 0.320 e. The number of ether oxygens (including phenoxy) is 3. The summed E-state index contributed by atoms with van der Waals surface area (Å²) in [5, 5.41) is 0. The predicted molar refractivity (Wildman–Crippen MR) is 81.4 cm³/mol. The summed E-state index contributed by atoms with van der Waals surface area (Å²) < 4.78 is 15.1. The lowest BCUT2D eigenvalue weighted by Gasteiger charge is -2.24. The largest absolute Gasteiger partial charge is 0.468 e. The summed E-state index contributed by atoms with van der Waals surface area (Å²) >= 11 is 0. The van der Waals surface area contributed by atoms with E-state index < -0.39 is 30.0 Å². The Balaban J connectivity index is 1.86. The number of nitrogens with zero attached hydrogens (tertiary/aromatic N) is 1. The molecule has 128 valence electrons. The zero-order valence-electron chi connectivity index (χ0n) is 13.5. The first kappa shape index (κ1) is 16.4. The second kappa shape index (κ2) is 6.60. The van der Waals surface area contributed by atoms with Crippen LogP contribution in [0.15, 0.2) is 30.3 Å². The fourth-order valence-electron chi connectivity index (χ4n) is 3.45. The van der Waals surface area contributed by atoms with Crippen LogP contribution in [0.25, 0.3) is 0 Å². The minimum atomic E-state index is -1.24. The highest BCUT2D eigenvalue weighted by molar-refractivity contribution is 6.00. The molecule has 0 aromatic heterocycles. The molecule has 0 aliphatic carbocycles. The first-order valence-corrected chi connectivity index (χ1v) is 7.72. The molecule has 1 amide bonds. The van der Waals surface area contributed by atoms with Gasteiger partial charge in [-0.2, -0.15) is 0 Å². The normalized spacial score (nSPS) is 25.7. The van der Waals surface area contributed by atoms with Crippen LogP contribution in [0.5, 0.6) is 0 Å². The minimum Gasteiger partial charge on any atom is -0.468 e. The van der Waals surface area contributed by atoms with Crippen LogP contribution in [0, 0.1) is 11.8 Å². The quantitative estimate of drug-likeness (QED) is 0.601. The third-order valence-electron chi connectivity index (χ3n) is 4.59. The molecule has 0 spiro atoms. The van der Waals surface area contributed by atoms with Crippen LogP contribution in [0.2, 0.25) is 0 Å². The van der Waals surface area contributed by atoms with Crippen molar-refractivity contribution in [3.8, 4) is 0 Å². The molecule has 2 saturated heterocycles. The highest BCUT2D eigenvalue weighted by Crippen LogP contribution is 2.42. The fraction of sp³-hybridized carbons (Fsp3) is 0.471. The van der Waals surface area contributed by atoms with Gasteiger partial charge in [-0.3, -0.25) is 14.4 Å². The molecule has 24 heavy (non-hydrogen) atoms. The van der Waals surface area contributed by atoms with Gasteiger partial charge in [0.2, 0.25) is 5.91 Å². The van der Waals surface area contributed by atoms with E-state index in [0.717, 1.165) is 5.56 Å². The maximum atomic E-state index is 12.9. The van der Waals surface area contributed by atoms with Gasteiger partial charge in [0.05, 0.1) is 32.8 Å². The van der Waals surface area contributed by atoms with E-state index in [-0.39, 0.29) is 11.9 Å². The van der Waals surface area contributed by atoms with E-state index in [2.05, 4.69) is 9.47 Å². The lowest BCUT2D eigenvalue weighted by molar-refractivity contribution is -0.165. The molecule has 0 N–H and O–H groups in total. The number of hydrogen-bond acceptors (Lipinski definition) is 6. The van der Waals surface area contributed by atoms with E-state index in [1.165, 1.54) is 14.2 Å². The number of carbonyl (C=O) groups excluding carboxylic acids is 3. The average molecular weight is 333 g/mol. The van der Waals surface area contributed by atoms with E-state index in [1.807, 2.05) is 30.3 Å². The highest BCUT2D eigenvalue weighted by Gasteiger charge is 2.54. The number of carbonyl (C=O) groups is 3. The van der Waals surface area contributed by atoms with Crippen molar-refractivity contribution in [1.29, 1.82) is 0 Å². The van der Waals surface area contributed by atoms with Crippen molar-refractivity contribution in [2.24, 2.45) is 11.8 Å². The van der Waals surface area contributed by atoms with Crippen molar-refractivity contribution in [2.45, 2.75) is 18.7 Å². The first-order chi connectivity index (χ1) is 11.6. The first-order valence-electron chi connectivity index (χ1n) is 7.72. The van der Waals surface area contributed by atoms with Gasteiger partial charge in [0.25, 0.3) is 0 Å². The summed E-state index contributed by atoms with van der Waals surface area (Å²) in [6, 6.07) is 9.22. The van der Waals surface area contributed by atoms with Crippen molar-refractivity contribution in [2.75, 3.05) is 20.8 Å². The SMILES string of the molecule is COC(=O)C(C(=O)OC)[C@H]1C[C@H]2CO[C@H](c3ccccc3)N2C1=O. The number of amides is 1. The lowest BCUT2D eigenvalue weighted by Crippen LogP contribution is -2.39. The Labute approximate surface area is 139 Å². The standard InChI is InChI=1S/C17H19NO6/c1-22-16(20)13(17(21)23-2)12-8-11-9-24-15(18(11)14(12)19)10-6-4-3-5-7-10/h3-7,11-13,15H,8-9H2,1-2H3/t11-,12+,15+/m0/s1. The van der Waals surface area contributed by atoms with Crippen LogP contribution in [0.3, 0.4) is 0 Å². The zero-order valence-corrected chi connectivity index (χ0v) is 13.5. The van der Waals surface area contributed by atoms with Gasteiger partial charge in [-0.05, 0) is 6.42 Å². The van der Waals surface area contributed by atoms with Gasteiger partial charge < -0.3 is 19.1 Å². The Morgan fingerprint density at radius 2 is 1.79 bits per heavy atom. The third kappa shape index (κ3) is 2.65. The van der Waals surface area contributed by atoms with E-state index in [4.69, 9.17) is 4.74 Å². The van der Waals surface area contributed by atoms with Gasteiger partial charge in [0, 0.05) is 5.56 Å². The molecule has 7 nitrogen and oxygen atoms in total. The third-order valence-corrected chi connectivity index (χ3v) is 4.59. The lowest BCUT2D eigenvalue weighted by atomic mass is 9.89. The summed E-state index contributed by atoms with van der Waals surface area (Å²) in [5.41, 5.74) is 0.863. The highest BCUT2D eigenvalue weighted by atomic mass is 16.5. The Hall–Kier alpha value is -2.41. The number of benzene rings is 1. The molecule has 3 atom stereocenters. The summed E-state index contributed by atoms with van der Waals surface area (Å²) in [4.78, 5) is 38.5. The number of rotatable bonds is 4. The minimum absolute atomic E-state index is 0.162. The average Bonchev–Trinajstić information content (AvgIpc) is 3.16. The number of methoxy groups -OCH3 is 2. The van der Waals surface area contributed by atoms with Crippen molar-refractivity contribution < 1.29 is 28.6 Å². The van der Waals surface area contributed by atoms with Crippen molar-refractivity contribution in [3.05, 3.63) is 35.9 Å². The monoisotopic (exact) mass is 333 g/mol. The Morgan fingerprint density at radius 1 is 1.17 bits per heavy atom. The van der Waals surface area contributed by atoms with E-state index >= 15 is 0 Å². The number of hydrogen-bond donors (Lipinski definition) is 0. The van der Waals surface area contributed by atoms with Crippen LogP contribution in [0.1, 0.15) is 18.2 Å². The van der Waals surface area contributed by atoms with Crippen LogP contribution in [-0.4, -0.2) is 49.6 Å². The predicted octanol–water partition coefficient (Wildman–Crippen LogP) is 0.895. The zero-order chi connectivity index (χ0) is 17.3. The molecule has 1 aromatic rings. The number of fused-ring (bicyclic) bond motifs is 1. The van der Waals surface area contributed by atoms with E-state index in [9.17, 15) is 14.4 Å². The topological polar surface area (TPSA) is 82.1 Å². The molecule has 0 bridgehead atoms. The van der Waals surface area contributed by atoms with Crippen molar-refractivity contribution in [1.82, 2.24) is 4.90 Å². The molecule has 7 heteroatoms. The summed E-state index contributed by atoms with van der Waals surface area (Å²) in [5.74, 6) is -3.82.